The lowest BCUT2D eigenvalue weighted by molar-refractivity contribution is -0.124. The number of nitrogens with one attached hydrogen (secondary N) is 1. The standard InChI is InChI=1S/C18H28N2O2/c21-17(19-15-16-6-12-22-13-7-16)14-18(8-2-1-3-9-18)20-10-4-5-11-20/h4-5,10-11,16H,1-3,6-9,12-15H2,(H,19,21). The van der Waals surface area contributed by atoms with Crippen LogP contribution < -0.4 is 5.32 Å². The summed E-state index contributed by atoms with van der Waals surface area (Å²) in [5.41, 5.74) is 0.00150. The SMILES string of the molecule is O=C(CC1(n2cccc2)CCCCC1)NCC1CCOCC1. The Kier molecular flexibility index (Phi) is 5.19. The van der Waals surface area contributed by atoms with Crippen LogP contribution in [-0.4, -0.2) is 30.2 Å². The summed E-state index contributed by atoms with van der Waals surface area (Å²) in [6.45, 7) is 2.49. The van der Waals surface area contributed by atoms with Crippen molar-refractivity contribution in [2.75, 3.05) is 19.8 Å². The maximum atomic E-state index is 12.5. The molecule has 1 aromatic rings. The molecule has 22 heavy (non-hydrogen) atoms. The van der Waals surface area contributed by atoms with Crippen LogP contribution in [-0.2, 0) is 15.1 Å². The van der Waals surface area contributed by atoms with Gasteiger partial charge in [-0.05, 0) is 43.7 Å². The molecular formula is C18H28N2O2. The van der Waals surface area contributed by atoms with Gasteiger partial charge in [0, 0.05) is 32.2 Å². The van der Waals surface area contributed by atoms with Crippen LogP contribution in [0.1, 0.15) is 51.4 Å². The molecule has 1 N–H and O–H groups in total. The Morgan fingerprint density at radius 2 is 1.82 bits per heavy atom. The molecule has 2 aliphatic rings. The molecule has 0 atom stereocenters. The normalized spacial score (nSPS) is 22.4. The molecule has 4 heteroatoms. The third-order valence-electron chi connectivity index (χ3n) is 5.35. The molecule has 1 aliphatic carbocycles. The number of hydrogen-bond acceptors (Lipinski definition) is 2. The van der Waals surface area contributed by atoms with E-state index in [1.54, 1.807) is 0 Å². The largest absolute Gasteiger partial charge is 0.381 e. The van der Waals surface area contributed by atoms with E-state index >= 15 is 0 Å². The summed E-state index contributed by atoms with van der Waals surface area (Å²) in [6, 6.07) is 4.13. The zero-order chi connectivity index (χ0) is 15.3. The van der Waals surface area contributed by atoms with Gasteiger partial charge in [0.05, 0.1) is 12.0 Å². The van der Waals surface area contributed by atoms with Crippen LogP contribution in [0, 0.1) is 5.92 Å². The summed E-state index contributed by atoms with van der Waals surface area (Å²) < 4.78 is 7.65. The Balaban J connectivity index is 1.57. The third-order valence-corrected chi connectivity index (χ3v) is 5.35. The van der Waals surface area contributed by atoms with Gasteiger partial charge in [-0.1, -0.05) is 19.3 Å². The highest BCUT2D eigenvalue weighted by Gasteiger charge is 2.35. The van der Waals surface area contributed by atoms with Gasteiger partial charge in [0.1, 0.15) is 0 Å². The smallest absolute Gasteiger partial charge is 0.222 e. The van der Waals surface area contributed by atoms with Gasteiger partial charge in [0.25, 0.3) is 0 Å². The van der Waals surface area contributed by atoms with Crippen molar-refractivity contribution in [3.05, 3.63) is 24.5 Å². The summed E-state index contributed by atoms with van der Waals surface area (Å²) in [5.74, 6) is 0.800. The van der Waals surface area contributed by atoms with E-state index in [0.717, 1.165) is 45.4 Å². The van der Waals surface area contributed by atoms with Crippen LogP contribution in [0.5, 0.6) is 0 Å². The Morgan fingerprint density at radius 1 is 1.14 bits per heavy atom. The van der Waals surface area contributed by atoms with Crippen molar-refractivity contribution in [2.45, 2.75) is 56.9 Å². The predicted octanol–water partition coefficient (Wildman–Crippen LogP) is 3.08. The number of hydrogen-bond donors (Lipinski definition) is 1. The monoisotopic (exact) mass is 304 g/mol. The quantitative estimate of drug-likeness (QED) is 0.908. The number of nitrogens with zero attached hydrogens (tertiary/aromatic N) is 1. The maximum Gasteiger partial charge on any atom is 0.222 e. The highest BCUT2D eigenvalue weighted by molar-refractivity contribution is 5.77. The van der Waals surface area contributed by atoms with E-state index in [1.807, 2.05) is 0 Å². The van der Waals surface area contributed by atoms with Crippen molar-refractivity contribution in [1.82, 2.24) is 9.88 Å². The fourth-order valence-corrected chi connectivity index (χ4v) is 3.96. The average molecular weight is 304 g/mol. The predicted molar refractivity (Wildman–Crippen MR) is 86.7 cm³/mol. The molecule has 0 aromatic carbocycles. The Hall–Kier alpha value is -1.29. The second-order valence-electron chi connectivity index (χ2n) is 6.91. The summed E-state index contributed by atoms with van der Waals surface area (Å²) in [7, 11) is 0. The van der Waals surface area contributed by atoms with E-state index in [2.05, 4.69) is 34.4 Å². The second kappa shape index (κ2) is 7.32. The first-order valence-electron chi connectivity index (χ1n) is 8.76. The van der Waals surface area contributed by atoms with Crippen molar-refractivity contribution in [3.63, 3.8) is 0 Å². The molecule has 122 valence electrons. The fourth-order valence-electron chi connectivity index (χ4n) is 3.96. The molecule has 0 unspecified atom stereocenters. The van der Waals surface area contributed by atoms with Crippen LogP contribution in [0.15, 0.2) is 24.5 Å². The summed E-state index contributed by atoms with van der Waals surface area (Å²) in [5, 5.41) is 3.18. The molecule has 1 aliphatic heterocycles. The summed E-state index contributed by atoms with van der Waals surface area (Å²) in [6.07, 6.45) is 13.0. The lowest BCUT2D eigenvalue weighted by Gasteiger charge is -2.38. The van der Waals surface area contributed by atoms with Crippen LogP contribution in [0.2, 0.25) is 0 Å². The number of carbonyl (C=O) groups excluding carboxylic acids is 1. The summed E-state index contributed by atoms with van der Waals surface area (Å²) in [4.78, 5) is 12.5. The van der Waals surface area contributed by atoms with Gasteiger partial charge in [0.15, 0.2) is 0 Å². The van der Waals surface area contributed by atoms with Gasteiger partial charge in [-0.25, -0.2) is 0 Å². The number of ether oxygens (including phenoxy) is 1. The number of rotatable bonds is 5. The highest BCUT2D eigenvalue weighted by atomic mass is 16.5. The third kappa shape index (κ3) is 3.72. The molecule has 2 fully saturated rings. The molecule has 2 heterocycles. The first kappa shape index (κ1) is 15.6. The Bertz CT molecular complexity index is 457. The first-order valence-corrected chi connectivity index (χ1v) is 8.76. The Labute approximate surface area is 133 Å². The van der Waals surface area contributed by atoms with Crippen molar-refractivity contribution in [3.8, 4) is 0 Å². The van der Waals surface area contributed by atoms with Crippen molar-refractivity contribution in [1.29, 1.82) is 0 Å². The molecular weight excluding hydrogens is 276 g/mol. The second-order valence-corrected chi connectivity index (χ2v) is 6.91. The van der Waals surface area contributed by atoms with E-state index in [1.165, 1.54) is 19.3 Å². The minimum absolute atomic E-state index is 0.00150. The molecule has 1 saturated heterocycles. The first-order chi connectivity index (χ1) is 10.8. The molecule has 3 rings (SSSR count). The molecule has 1 saturated carbocycles. The summed E-state index contributed by atoms with van der Waals surface area (Å²) >= 11 is 0. The topological polar surface area (TPSA) is 43.3 Å². The van der Waals surface area contributed by atoms with Gasteiger partial charge in [0.2, 0.25) is 5.91 Å². The van der Waals surface area contributed by atoms with Crippen molar-refractivity contribution < 1.29 is 9.53 Å². The van der Waals surface area contributed by atoms with Gasteiger partial charge in [-0.2, -0.15) is 0 Å². The number of amides is 1. The van der Waals surface area contributed by atoms with Gasteiger partial charge in [-0.3, -0.25) is 4.79 Å². The van der Waals surface area contributed by atoms with E-state index in [-0.39, 0.29) is 11.4 Å². The minimum atomic E-state index is 0.00150. The highest BCUT2D eigenvalue weighted by Crippen LogP contribution is 2.37. The van der Waals surface area contributed by atoms with Gasteiger partial charge >= 0.3 is 0 Å². The molecule has 4 nitrogen and oxygen atoms in total. The van der Waals surface area contributed by atoms with Crippen molar-refractivity contribution >= 4 is 5.91 Å². The van der Waals surface area contributed by atoms with E-state index in [0.29, 0.717) is 12.3 Å². The van der Waals surface area contributed by atoms with Crippen LogP contribution in [0.4, 0.5) is 0 Å². The van der Waals surface area contributed by atoms with Crippen LogP contribution in [0.3, 0.4) is 0 Å². The van der Waals surface area contributed by atoms with Crippen molar-refractivity contribution in [2.24, 2.45) is 5.92 Å². The molecule has 1 aromatic heterocycles. The molecule has 0 bridgehead atoms. The number of aromatic nitrogens is 1. The van der Waals surface area contributed by atoms with E-state index in [4.69, 9.17) is 4.74 Å². The van der Waals surface area contributed by atoms with Crippen LogP contribution in [0.25, 0.3) is 0 Å². The van der Waals surface area contributed by atoms with E-state index < -0.39 is 0 Å². The lowest BCUT2D eigenvalue weighted by Crippen LogP contribution is -2.42. The van der Waals surface area contributed by atoms with Gasteiger partial charge in [-0.15, -0.1) is 0 Å². The molecule has 0 spiro atoms. The van der Waals surface area contributed by atoms with Crippen LogP contribution >= 0.6 is 0 Å². The fraction of sp³-hybridized carbons (Fsp3) is 0.722. The zero-order valence-electron chi connectivity index (χ0n) is 13.4. The maximum absolute atomic E-state index is 12.5. The molecule has 1 amide bonds. The van der Waals surface area contributed by atoms with Gasteiger partial charge < -0.3 is 14.6 Å². The zero-order valence-corrected chi connectivity index (χ0v) is 13.4. The molecule has 0 radical (unpaired) electrons. The minimum Gasteiger partial charge on any atom is -0.381 e. The lowest BCUT2D eigenvalue weighted by atomic mass is 9.78. The Morgan fingerprint density at radius 3 is 2.50 bits per heavy atom. The van der Waals surface area contributed by atoms with E-state index in [9.17, 15) is 4.79 Å². The average Bonchev–Trinajstić information content (AvgIpc) is 3.10. The number of carbonyl (C=O) groups is 1.